The minimum atomic E-state index is -1.20. The van der Waals surface area contributed by atoms with Crippen molar-refractivity contribution in [2.24, 2.45) is 0 Å². The summed E-state index contributed by atoms with van der Waals surface area (Å²) in [5.41, 5.74) is 0.941. The maximum Gasteiger partial charge on any atom is 0.325 e. The maximum atomic E-state index is 12.0. The molecule has 0 fully saturated rings. The molecule has 1 amide bonds. The molecule has 2 aromatic heterocycles. The zero-order chi connectivity index (χ0) is 17.3. The molecule has 0 aliphatic carbocycles. The molecule has 24 heavy (non-hydrogen) atoms. The summed E-state index contributed by atoms with van der Waals surface area (Å²) in [5.74, 6) is -2.51. The number of hydrogen-bond acceptors (Lipinski definition) is 6. The molecular formula is C16H13N3O5. The normalized spacial score (nSPS) is 12.0. The molecule has 0 bridgehead atoms. The molecule has 0 radical (unpaired) electrons. The Bertz CT molecular complexity index is 920. The number of carboxylic acids is 1. The van der Waals surface area contributed by atoms with Crippen LogP contribution in [0.4, 0.5) is 0 Å². The van der Waals surface area contributed by atoms with Crippen LogP contribution in [-0.4, -0.2) is 38.3 Å². The van der Waals surface area contributed by atoms with Gasteiger partial charge in [0.15, 0.2) is 11.4 Å². The first kappa shape index (κ1) is 15.5. The molecule has 8 nitrogen and oxygen atoms in total. The molecule has 0 unspecified atom stereocenters. The Morgan fingerprint density at radius 2 is 1.96 bits per heavy atom. The van der Waals surface area contributed by atoms with Crippen LogP contribution in [-0.2, 0) is 4.79 Å². The number of amides is 1. The highest BCUT2D eigenvalue weighted by molar-refractivity contribution is 6.03. The van der Waals surface area contributed by atoms with Crippen molar-refractivity contribution in [1.82, 2.24) is 15.5 Å². The summed E-state index contributed by atoms with van der Waals surface area (Å²) in [7, 11) is 0. The van der Waals surface area contributed by atoms with Crippen molar-refractivity contribution in [3.63, 3.8) is 0 Å². The number of rotatable bonds is 4. The van der Waals surface area contributed by atoms with E-state index in [1.165, 1.54) is 13.1 Å². The number of pyridine rings is 1. The molecule has 0 saturated heterocycles. The summed E-state index contributed by atoms with van der Waals surface area (Å²) < 4.78 is 5.14. The van der Waals surface area contributed by atoms with Crippen molar-refractivity contribution >= 4 is 22.8 Å². The van der Waals surface area contributed by atoms with E-state index in [2.05, 4.69) is 15.5 Å². The van der Waals surface area contributed by atoms with Crippen LogP contribution in [0.25, 0.3) is 22.2 Å². The fourth-order valence-electron chi connectivity index (χ4n) is 2.18. The lowest BCUT2D eigenvalue weighted by Crippen LogP contribution is -2.38. The fraction of sp³-hybridized carbons (Fsp3) is 0.125. The van der Waals surface area contributed by atoms with Crippen LogP contribution >= 0.6 is 0 Å². The molecule has 1 aromatic carbocycles. The summed E-state index contributed by atoms with van der Waals surface area (Å²) >= 11 is 0. The van der Waals surface area contributed by atoms with Crippen LogP contribution in [0.2, 0.25) is 0 Å². The van der Waals surface area contributed by atoms with Gasteiger partial charge in [-0.15, -0.1) is 0 Å². The highest BCUT2D eigenvalue weighted by atomic mass is 16.5. The lowest BCUT2D eigenvalue weighted by Gasteiger charge is -2.09. The topological polar surface area (TPSA) is 126 Å². The molecule has 3 rings (SSSR count). The lowest BCUT2D eigenvalue weighted by atomic mass is 10.1. The molecule has 0 spiro atoms. The molecule has 1 atom stereocenters. The van der Waals surface area contributed by atoms with Gasteiger partial charge < -0.3 is 20.1 Å². The van der Waals surface area contributed by atoms with E-state index in [1.807, 2.05) is 30.3 Å². The highest BCUT2D eigenvalue weighted by Gasteiger charge is 2.23. The number of carbonyl (C=O) groups is 2. The zero-order valence-electron chi connectivity index (χ0n) is 12.6. The van der Waals surface area contributed by atoms with Crippen LogP contribution in [0.1, 0.15) is 17.4 Å². The van der Waals surface area contributed by atoms with Gasteiger partial charge in [0, 0.05) is 11.8 Å². The van der Waals surface area contributed by atoms with Crippen molar-refractivity contribution in [1.29, 1.82) is 0 Å². The summed E-state index contributed by atoms with van der Waals surface area (Å²) in [5, 5.41) is 25.6. The Hall–Kier alpha value is -3.42. The first-order valence-corrected chi connectivity index (χ1v) is 7.05. The minimum Gasteiger partial charge on any atom is -0.503 e. The fourth-order valence-corrected chi connectivity index (χ4v) is 2.18. The summed E-state index contributed by atoms with van der Waals surface area (Å²) in [6, 6.07) is 8.04. The van der Waals surface area contributed by atoms with Gasteiger partial charge in [0.1, 0.15) is 11.7 Å². The first-order valence-electron chi connectivity index (χ1n) is 7.05. The van der Waals surface area contributed by atoms with E-state index in [0.717, 1.165) is 5.56 Å². The molecule has 0 aliphatic rings. The third-order valence-corrected chi connectivity index (χ3v) is 3.47. The number of hydrogen-bond donors (Lipinski definition) is 3. The van der Waals surface area contributed by atoms with E-state index in [1.54, 1.807) is 0 Å². The van der Waals surface area contributed by atoms with Gasteiger partial charge in [0.25, 0.3) is 5.91 Å². The van der Waals surface area contributed by atoms with Gasteiger partial charge in [-0.2, -0.15) is 0 Å². The number of carbonyl (C=O) groups excluding carboxylic acids is 1. The van der Waals surface area contributed by atoms with E-state index in [0.29, 0.717) is 11.1 Å². The molecule has 3 aromatic rings. The number of aromatic nitrogens is 2. The summed E-state index contributed by atoms with van der Waals surface area (Å²) in [6.07, 6.45) is 1.36. The lowest BCUT2D eigenvalue weighted by molar-refractivity contribution is -0.138. The number of nitrogens with zero attached hydrogens (tertiary/aromatic N) is 2. The van der Waals surface area contributed by atoms with Crippen LogP contribution in [0, 0.1) is 0 Å². The molecular weight excluding hydrogens is 314 g/mol. The van der Waals surface area contributed by atoms with Crippen molar-refractivity contribution in [2.75, 3.05) is 0 Å². The Morgan fingerprint density at radius 1 is 1.25 bits per heavy atom. The largest absolute Gasteiger partial charge is 0.503 e. The van der Waals surface area contributed by atoms with Gasteiger partial charge in [-0.1, -0.05) is 35.5 Å². The Balaban J connectivity index is 2.01. The quantitative estimate of drug-likeness (QED) is 0.667. The SMILES string of the molecule is C[C@H](NC(=O)c1ncc2c(-c3ccccc3)noc2c1O)C(=O)O. The van der Waals surface area contributed by atoms with E-state index < -0.39 is 23.7 Å². The standard InChI is InChI=1S/C16H13N3O5/c1-8(16(22)23)18-15(21)12-13(20)14-10(7-17-12)11(19-24-14)9-5-3-2-4-6-9/h2-8,20H,1H3,(H,18,21)(H,22,23)/t8-/m0/s1. The Kier molecular flexibility index (Phi) is 3.87. The average Bonchev–Trinajstić information content (AvgIpc) is 3.00. The van der Waals surface area contributed by atoms with Gasteiger partial charge in [-0.05, 0) is 6.92 Å². The van der Waals surface area contributed by atoms with Crippen LogP contribution < -0.4 is 5.32 Å². The smallest absolute Gasteiger partial charge is 0.325 e. The van der Waals surface area contributed by atoms with Gasteiger partial charge in [0.2, 0.25) is 5.58 Å². The zero-order valence-corrected chi connectivity index (χ0v) is 12.6. The van der Waals surface area contributed by atoms with Crippen LogP contribution in [0.3, 0.4) is 0 Å². The van der Waals surface area contributed by atoms with E-state index in [9.17, 15) is 14.7 Å². The molecule has 0 saturated carbocycles. The molecule has 8 heteroatoms. The third-order valence-electron chi connectivity index (χ3n) is 3.47. The van der Waals surface area contributed by atoms with Crippen LogP contribution in [0.15, 0.2) is 41.1 Å². The molecule has 0 aliphatic heterocycles. The number of benzene rings is 1. The second-order valence-electron chi connectivity index (χ2n) is 5.13. The maximum absolute atomic E-state index is 12.0. The van der Waals surface area contributed by atoms with Crippen molar-refractivity contribution in [2.45, 2.75) is 13.0 Å². The second-order valence-corrected chi connectivity index (χ2v) is 5.13. The van der Waals surface area contributed by atoms with Gasteiger partial charge >= 0.3 is 5.97 Å². The molecule has 2 heterocycles. The number of nitrogens with one attached hydrogen (secondary N) is 1. The van der Waals surface area contributed by atoms with Gasteiger partial charge in [-0.3, -0.25) is 9.59 Å². The second kappa shape index (κ2) is 5.99. The third kappa shape index (κ3) is 2.65. The number of aromatic hydroxyl groups is 1. The predicted molar refractivity (Wildman–Crippen MR) is 83.5 cm³/mol. The van der Waals surface area contributed by atoms with Crippen molar-refractivity contribution in [3.05, 3.63) is 42.2 Å². The number of fused-ring (bicyclic) bond motifs is 1. The molecule has 3 N–H and O–H groups in total. The Labute approximate surface area is 135 Å². The monoisotopic (exact) mass is 327 g/mol. The van der Waals surface area contributed by atoms with Gasteiger partial charge in [-0.25, -0.2) is 4.98 Å². The summed E-state index contributed by atoms with van der Waals surface area (Å²) in [4.78, 5) is 26.8. The van der Waals surface area contributed by atoms with E-state index >= 15 is 0 Å². The number of carboxylic acid groups (broad SMARTS) is 1. The predicted octanol–water partition coefficient (Wildman–Crippen LogP) is 1.80. The highest BCUT2D eigenvalue weighted by Crippen LogP contribution is 2.33. The van der Waals surface area contributed by atoms with Gasteiger partial charge in [0.05, 0.1) is 5.39 Å². The van der Waals surface area contributed by atoms with E-state index in [4.69, 9.17) is 9.63 Å². The number of aliphatic carboxylic acids is 1. The van der Waals surface area contributed by atoms with E-state index in [-0.39, 0.29) is 11.3 Å². The summed E-state index contributed by atoms with van der Waals surface area (Å²) in [6.45, 7) is 1.30. The average molecular weight is 327 g/mol. The van der Waals surface area contributed by atoms with Crippen molar-refractivity contribution in [3.8, 4) is 17.0 Å². The van der Waals surface area contributed by atoms with Crippen molar-refractivity contribution < 1.29 is 24.3 Å². The molecule has 122 valence electrons. The Morgan fingerprint density at radius 3 is 2.62 bits per heavy atom. The minimum absolute atomic E-state index is 0.0111. The first-order chi connectivity index (χ1) is 11.5. The van der Waals surface area contributed by atoms with Crippen LogP contribution in [0.5, 0.6) is 5.75 Å².